The lowest BCUT2D eigenvalue weighted by molar-refractivity contribution is -1.01. The lowest BCUT2D eigenvalue weighted by atomic mass is 10.0. The van der Waals surface area contributed by atoms with Gasteiger partial charge < -0.3 is 9.84 Å². The fraction of sp³-hybridized carbons (Fsp3) is 0.615. The predicted octanol–water partition coefficient (Wildman–Crippen LogP) is 0.00200. The summed E-state index contributed by atoms with van der Waals surface area (Å²) in [5, 5.41) is 8.97. The normalized spacial score (nSPS) is 28.1. The monoisotopic (exact) mass is 281 g/mol. The molecule has 0 aromatic carbocycles. The molecule has 0 spiro atoms. The van der Waals surface area contributed by atoms with Gasteiger partial charge in [0.2, 0.25) is 0 Å². The van der Waals surface area contributed by atoms with E-state index >= 15 is 0 Å². The Morgan fingerprint density at radius 1 is 1.55 bits per heavy atom. The number of rotatable bonds is 2. The lowest BCUT2D eigenvalue weighted by Crippen LogP contribution is -2.58. The molecule has 3 heterocycles. The van der Waals surface area contributed by atoms with E-state index in [0.717, 1.165) is 5.82 Å². The van der Waals surface area contributed by atoms with Crippen LogP contribution in [0.2, 0.25) is 0 Å². The van der Waals surface area contributed by atoms with E-state index in [2.05, 4.69) is 20.8 Å². The Balaban J connectivity index is 2.06. The van der Waals surface area contributed by atoms with Crippen molar-refractivity contribution in [3.05, 3.63) is 18.2 Å². The first-order valence-corrected chi connectivity index (χ1v) is 6.62. The van der Waals surface area contributed by atoms with Crippen LogP contribution in [0.25, 0.3) is 0 Å². The number of ether oxygens (including phenoxy) is 1. The smallest absolute Gasteiger partial charge is 0.391 e. The molecule has 0 saturated carbocycles. The van der Waals surface area contributed by atoms with Crippen molar-refractivity contribution in [2.45, 2.75) is 45.8 Å². The van der Waals surface area contributed by atoms with Crippen molar-refractivity contribution in [1.29, 1.82) is 0 Å². The van der Waals surface area contributed by atoms with Crippen molar-refractivity contribution in [2.24, 2.45) is 0 Å². The first-order chi connectivity index (χ1) is 9.24. The van der Waals surface area contributed by atoms with Crippen molar-refractivity contribution < 1.29 is 28.5 Å². The second-order valence-corrected chi connectivity index (χ2v) is 6.48. The van der Waals surface area contributed by atoms with Gasteiger partial charge in [-0.25, -0.2) is 18.6 Å². The number of fused-ring (bicyclic) bond motifs is 3. The Labute approximate surface area is 116 Å². The first kappa shape index (κ1) is 13.1. The molecule has 0 amide bonds. The number of carbonyl (C=O) groups is 2. The molecule has 0 bridgehead atoms. The Kier molecular flexibility index (Phi) is 2.50. The van der Waals surface area contributed by atoms with Gasteiger partial charge in [-0.1, -0.05) is 0 Å². The number of imidazole rings is 1. The third kappa shape index (κ3) is 1.59. The zero-order valence-electron chi connectivity index (χ0n) is 11.9. The van der Waals surface area contributed by atoms with Gasteiger partial charge in [-0.15, -0.1) is 4.57 Å². The van der Waals surface area contributed by atoms with E-state index in [9.17, 15) is 9.59 Å². The molecule has 1 N–H and O–H groups in total. The van der Waals surface area contributed by atoms with Gasteiger partial charge in [-0.2, -0.15) is 0 Å². The number of aliphatic carboxylic acids is 1. The number of hydrogen-bond donors (Lipinski definition) is 1. The van der Waals surface area contributed by atoms with Crippen LogP contribution in [0.1, 0.15) is 32.9 Å². The second-order valence-electron chi connectivity index (χ2n) is 6.48. The summed E-state index contributed by atoms with van der Waals surface area (Å²) in [6.45, 7) is 7.08. The standard InChI is InChI=1S/C13H18N3O4/c1-13(2,3)16-7-9-14(6-10(17)18)4-5-15(9)12(16)20-11(19)8-16/h4-5,12H,6-8H2,1-3H3/q+1/p+1/t12?,16-/m0/s1. The first-order valence-electron chi connectivity index (χ1n) is 6.62. The third-order valence-corrected chi connectivity index (χ3v) is 4.41. The number of hydrogen-bond acceptors (Lipinski definition) is 3. The SMILES string of the molecule is CC(C)(C)[N@@+]12CC(=O)OC1n1cc[n+](CC(=O)O)c1C2. The zero-order chi connectivity index (χ0) is 14.7. The van der Waals surface area contributed by atoms with Gasteiger partial charge in [0.1, 0.15) is 12.4 Å². The number of carboxylic acids is 1. The van der Waals surface area contributed by atoms with E-state index in [1.165, 1.54) is 0 Å². The number of carboxylic acid groups (broad SMARTS) is 1. The molecular formula is C13H19N3O4+2. The Morgan fingerprint density at radius 3 is 2.85 bits per heavy atom. The van der Waals surface area contributed by atoms with Crippen molar-refractivity contribution >= 4 is 11.9 Å². The maximum atomic E-state index is 11.8. The predicted molar refractivity (Wildman–Crippen MR) is 66.0 cm³/mol. The summed E-state index contributed by atoms with van der Waals surface area (Å²) in [6, 6.07) is 0. The molecule has 108 valence electrons. The number of nitrogens with zero attached hydrogens (tertiary/aromatic N) is 3. The molecule has 2 aliphatic rings. The second kappa shape index (κ2) is 3.82. The molecule has 7 heteroatoms. The molecule has 1 aromatic rings. The van der Waals surface area contributed by atoms with Crippen LogP contribution < -0.4 is 4.57 Å². The number of carbonyl (C=O) groups excluding carboxylic acids is 1. The molecule has 20 heavy (non-hydrogen) atoms. The Morgan fingerprint density at radius 2 is 2.25 bits per heavy atom. The minimum absolute atomic E-state index is 0.0762. The molecule has 1 saturated heterocycles. The highest BCUT2D eigenvalue weighted by Gasteiger charge is 2.65. The van der Waals surface area contributed by atoms with Gasteiger partial charge in [0.15, 0.2) is 19.6 Å². The van der Waals surface area contributed by atoms with Crippen LogP contribution in [-0.4, -0.2) is 38.2 Å². The summed E-state index contributed by atoms with van der Waals surface area (Å²) in [4.78, 5) is 22.7. The molecule has 0 aliphatic carbocycles. The summed E-state index contributed by atoms with van der Waals surface area (Å²) in [7, 11) is 0. The minimum atomic E-state index is -0.879. The average molecular weight is 281 g/mol. The largest absolute Gasteiger partial charge is 0.478 e. The fourth-order valence-electron chi connectivity index (χ4n) is 3.19. The molecule has 2 aliphatic heterocycles. The van der Waals surface area contributed by atoms with Crippen LogP contribution in [-0.2, 0) is 27.4 Å². The van der Waals surface area contributed by atoms with E-state index in [0.29, 0.717) is 17.6 Å². The van der Waals surface area contributed by atoms with Gasteiger partial charge in [0.05, 0.1) is 5.54 Å². The Bertz CT molecular complexity index is 601. The van der Waals surface area contributed by atoms with E-state index in [1.54, 1.807) is 17.0 Å². The highest BCUT2D eigenvalue weighted by atomic mass is 16.6. The summed E-state index contributed by atoms with van der Waals surface area (Å²) in [5.41, 5.74) is -0.170. The maximum absolute atomic E-state index is 11.8. The molecule has 2 atom stereocenters. The van der Waals surface area contributed by atoms with Gasteiger partial charge in [-0.05, 0) is 20.8 Å². The maximum Gasteiger partial charge on any atom is 0.391 e. The quantitative estimate of drug-likeness (QED) is 0.470. The summed E-state index contributed by atoms with van der Waals surface area (Å²) < 4.78 is 9.58. The van der Waals surface area contributed by atoms with Crippen LogP contribution in [0.4, 0.5) is 0 Å². The zero-order valence-corrected chi connectivity index (χ0v) is 11.9. The highest BCUT2D eigenvalue weighted by molar-refractivity contribution is 5.72. The summed E-state index contributed by atoms with van der Waals surface area (Å²) >= 11 is 0. The minimum Gasteiger partial charge on any atom is -0.478 e. The molecule has 3 rings (SSSR count). The van der Waals surface area contributed by atoms with Crippen molar-refractivity contribution in [1.82, 2.24) is 4.57 Å². The van der Waals surface area contributed by atoms with Crippen molar-refractivity contribution in [3.8, 4) is 0 Å². The van der Waals surface area contributed by atoms with Gasteiger partial charge >= 0.3 is 24.1 Å². The molecule has 1 unspecified atom stereocenters. The Hall–Kier alpha value is -1.89. The number of esters is 1. The highest BCUT2D eigenvalue weighted by Crippen LogP contribution is 2.45. The number of quaternary nitrogens is 1. The van der Waals surface area contributed by atoms with Crippen molar-refractivity contribution in [3.63, 3.8) is 0 Å². The van der Waals surface area contributed by atoms with Crippen LogP contribution in [0.3, 0.4) is 0 Å². The molecule has 1 aromatic heterocycles. The lowest BCUT2D eigenvalue weighted by Gasteiger charge is -2.40. The van der Waals surface area contributed by atoms with Crippen LogP contribution in [0.5, 0.6) is 0 Å². The van der Waals surface area contributed by atoms with E-state index in [-0.39, 0.29) is 24.4 Å². The van der Waals surface area contributed by atoms with E-state index in [4.69, 9.17) is 9.84 Å². The molecule has 0 radical (unpaired) electrons. The van der Waals surface area contributed by atoms with Gasteiger partial charge in [0, 0.05) is 0 Å². The van der Waals surface area contributed by atoms with Gasteiger partial charge in [-0.3, -0.25) is 0 Å². The van der Waals surface area contributed by atoms with Crippen LogP contribution in [0.15, 0.2) is 12.4 Å². The molecule has 7 nitrogen and oxygen atoms in total. The molecular weight excluding hydrogens is 262 g/mol. The van der Waals surface area contributed by atoms with Crippen LogP contribution in [0, 0.1) is 0 Å². The van der Waals surface area contributed by atoms with Crippen molar-refractivity contribution in [2.75, 3.05) is 6.54 Å². The van der Waals surface area contributed by atoms with E-state index < -0.39 is 5.97 Å². The summed E-state index contributed by atoms with van der Waals surface area (Å²) in [5.74, 6) is -0.191. The number of aromatic nitrogens is 2. The average Bonchev–Trinajstić information content (AvgIpc) is 2.87. The summed E-state index contributed by atoms with van der Waals surface area (Å²) in [6.07, 6.45) is 3.15. The van der Waals surface area contributed by atoms with E-state index in [1.807, 2.05) is 4.57 Å². The van der Waals surface area contributed by atoms with Gasteiger partial charge in [0.25, 0.3) is 0 Å². The third-order valence-electron chi connectivity index (χ3n) is 4.41. The topological polar surface area (TPSA) is 72.4 Å². The molecule has 1 fully saturated rings. The van der Waals surface area contributed by atoms with Crippen LogP contribution >= 0.6 is 0 Å². The fourth-order valence-corrected chi connectivity index (χ4v) is 3.19.